The fraction of sp³-hybridized carbons (Fsp3) is 0.500. The SMILES string of the molecule is CC1CS(=O)(=O)CCN1C(=O)[C@@H](N)Cc1ccccc1. The van der Waals surface area contributed by atoms with Gasteiger partial charge < -0.3 is 10.6 Å². The highest BCUT2D eigenvalue weighted by Gasteiger charge is 2.33. The van der Waals surface area contributed by atoms with Crippen molar-refractivity contribution in [2.24, 2.45) is 5.73 Å². The minimum atomic E-state index is -3.02. The third-order valence-corrected chi connectivity index (χ3v) is 5.36. The normalized spacial score (nSPS) is 23.3. The van der Waals surface area contributed by atoms with E-state index in [9.17, 15) is 13.2 Å². The van der Waals surface area contributed by atoms with E-state index in [-0.39, 0.29) is 30.0 Å². The minimum Gasteiger partial charge on any atom is -0.337 e. The molecule has 5 nitrogen and oxygen atoms in total. The molecular weight excluding hydrogens is 276 g/mol. The quantitative estimate of drug-likeness (QED) is 0.864. The fourth-order valence-electron chi connectivity index (χ4n) is 2.49. The molecular formula is C14H20N2O3S. The van der Waals surface area contributed by atoms with Gasteiger partial charge in [0.25, 0.3) is 0 Å². The van der Waals surface area contributed by atoms with Crippen molar-refractivity contribution in [3.63, 3.8) is 0 Å². The average Bonchev–Trinajstić information content (AvgIpc) is 2.38. The number of benzene rings is 1. The first-order valence-corrected chi connectivity index (χ1v) is 8.51. The van der Waals surface area contributed by atoms with E-state index in [0.29, 0.717) is 6.42 Å². The fourth-order valence-corrected chi connectivity index (χ4v) is 4.05. The smallest absolute Gasteiger partial charge is 0.240 e. The van der Waals surface area contributed by atoms with Gasteiger partial charge in [-0.15, -0.1) is 0 Å². The summed E-state index contributed by atoms with van der Waals surface area (Å²) in [6.45, 7) is 1.99. The molecule has 1 fully saturated rings. The summed E-state index contributed by atoms with van der Waals surface area (Å²) in [6.07, 6.45) is 0.468. The van der Waals surface area contributed by atoms with Gasteiger partial charge in [-0.3, -0.25) is 4.79 Å². The van der Waals surface area contributed by atoms with Gasteiger partial charge in [0.1, 0.15) is 0 Å². The molecule has 1 heterocycles. The second-order valence-electron chi connectivity index (χ2n) is 5.29. The van der Waals surface area contributed by atoms with Gasteiger partial charge >= 0.3 is 0 Å². The Bertz CT molecular complexity index is 571. The lowest BCUT2D eigenvalue weighted by atomic mass is 10.1. The molecule has 1 aliphatic rings. The van der Waals surface area contributed by atoms with Crippen molar-refractivity contribution in [3.05, 3.63) is 35.9 Å². The van der Waals surface area contributed by atoms with Gasteiger partial charge in [-0.1, -0.05) is 30.3 Å². The minimum absolute atomic E-state index is 0.0246. The molecule has 1 amide bonds. The maximum absolute atomic E-state index is 12.3. The molecule has 2 N–H and O–H groups in total. The summed E-state index contributed by atoms with van der Waals surface area (Å²) in [6, 6.07) is 8.65. The van der Waals surface area contributed by atoms with Crippen molar-refractivity contribution in [1.82, 2.24) is 4.90 Å². The van der Waals surface area contributed by atoms with Crippen molar-refractivity contribution in [2.75, 3.05) is 18.1 Å². The lowest BCUT2D eigenvalue weighted by molar-refractivity contribution is -0.134. The van der Waals surface area contributed by atoms with Crippen molar-refractivity contribution in [3.8, 4) is 0 Å². The number of nitrogens with two attached hydrogens (primary N) is 1. The summed E-state index contributed by atoms with van der Waals surface area (Å²) >= 11 is 0. The molecule has 1 aromatic rings. The Balaban J connectivity index is 2.00. The monoisotopic (exact) mass is 296 g/mol. The van der Waals surface area contributed by atoms with E-state index in [0.717, 1.165) is 5.56 Å². The highest BCUT2D eigenvalue weighted by atomic mass is 32.2. The molecule has 0 bridgehead atoms. The van der Waals surface area contributed by atoms with Crippen LogP contribution in [0.1, 0.15) is 12.5 Å². The number of amides is 1. The number of hydrogen-bond donors (Lipinski definition) is 1. The second-order valence-corrected chi connectivity index (χ2v) is 7.52. The molecule has 0 spiro atoms. The number of nitrogens with zero attached hydrogens (tertiary/aromatic N) is 1. The maximum atomic E-state index is 12.3. The summed E-state index contributed by atoms with van der Waals surface area (Å²) in [5.41, 5.74) is 6.97. The van der Waals surface area contributed by atoms with Crippen LogP contribution >= 0.6 is 0 Å². The molecule has 0 radical (unpaired) electrons. The molecule has 1 saturated heterocycles. The van der Waals surface area contributed by atoms with Crippen molar-refractivity contribution in [1.29, 1.82) is 0 Å². The topological polar surface area (TPSA) is 80.5 Å². The molecule has 2 rings (SSSR count). The van der Waals surface area contributed by atoms with Gasteiger partial charge in [-0.25, -0.2) is 8.42 Å². The van der Waals surface area contributed by atoms with Crippen LogP contribution in [0.25, 0.3) is 0 Å². The molecule has 1 aromatic carbocycles. The molecule has 20 heavy (non-hydrogen) atoms. The largest absolute Gasteiger partial charge is 0.337 e. The van der Waals surface area contributed by atoms with Crippen molar-refractivity contribution < 1.29 is 13.2 Å². The van der Waals surface area contributed by atoms with Crippen LogP contribution in [0.5, 0.6) is 0 Å². The summed E-state index contributed by atoms with van der Waals surface area (Å²) < 4.78 is 23.0. The van der Waals surface area contributed by atoms with Crippen LogP contribution in [0.2, 0.25) is 0 Å². The van der Waals surface area contributed by atoms with E-state index in [1.165, 1.54) is 0 Å². The second kappa shape index (κ2) is 5.93. The zero-order valence-corrected chi connectivity index (χ0v) is 12.3. The van der Waals surface area contributed by atoms with Crippen LogP contribution < -0.4 is 5.73 Å². The van der Waals surface area contributed by atoms with E-state index in [1.807, 2.05) is 30.3 Å². The Labute approximate surface area is 119 Å². The zero-order chi connectivity index (χ0) is 14.8. The predicted octanol–water partition coefficient (Wildman–Crippen LogP) is 0.202. The lowest BCUT2D eigenvalue weighted by Crippen LogP contribution is -2.55. The molecule has 1 aliphatic heterocycles. The number of hydrogen-bond acceptors (Lipinski definition) is 4. The number of rotatable bonds is 3. The van der Waals surface area contributed by atoms with E-state index in [4.69, 9.17) is 5.73 Å². The molecule has 0 aliphatic carbocycles. The zero-order valence-electron chi connectivity index (χ0n) is 11.5. The van der Waals surface area contributed by atoms with Crippen LogP contribution in [0.3, 0.4) is 0 Å². The van der Waals surface area contributed by atoms with E-state index in [1.54, 1.807) is 11.8 Å². The molecule has 6 heteroatoms. The van der Waals surface area contributed by atoms with Crippen LogP contribution in [-0.4, -0.2) is 49.4 Å². The number of carbonyl (C=O) groups is 1. The Kier molecular flexibility index (Phi) is 4.45. The molecule has 0 saturated carbocycles. The highest BCUT2D eigenvalue weighted by Crippen LogP contribution is 2.13. The lowest BCUT2D eigenvalue weighted by Gasteiger charge is -2.34. The summed E-state index contributed by atoms with van der Waals surface area (Å²) in [5.74, 6) is -0.117. The predicted molar refractivity (Wildman–Crippen MR) is 78.0 cm³/mol. The van der Waals surface area contributed by atoms with Crippen molar-refractivity contribution >= 4 is 15.7 Å². The third-order valence-electron chi connectivity index (χ3n) is 3.57. The Morgan fingerprint density at radius 2 is 2.05 bits per heavy atom. The first-order chi connectivity index (χ1) is 9.39. The standard InChI is InChI=1S/C14H20N2O3S/c1-11-10-20(18,19)8-7-16(11)14(17)13(15)9-12-5-3-2-4-6-12/h2-6,11,13H,7-10,15H2,1H3/t11?,13-/m0/s1. The summed E-state index contributed by atoms with van der Waals surface area (Å²) in [4.78, 5) is 13.9. The van der Waals surface area contributed by atoms with Crippen LogP contribution in [-0.2, 0) is 21.1 Å². The molecule has 110 valence electrons. The number of carbonyl (C=O) groups excluding carboxylic acids is 1. The van der Waals surface area contributed by atoms with Crippen LogP contribution in [0.15, 0.2) is 30.3 Å². The average molecular weight is 296 g/mol. The van der Waals surface area contributed by atoms with E-state index < -0.39 is 15.9 Å². The number of sulfone groups is 1. The van der Waals surface area contributed by atoms with Gasteiger partial charge in [0, 0.05) is 12.6 Å². The maximum Gasteiger partial charge on any atom is 0.240 e. The third kappa shape index (κ3) is 3.58. The summed E-state index contributed by atoms with van der Waals surface area (Å²) in [5, 5.41) is 0. The van der Waals surface area contributed by atoms with Gasteiger partial charge in [0.2, 0.25) is 5.91 Å². The van der Waals surface area contributed by atoms with Gasteiger partial charge in [0.15, 0.2) is 9.84 Å². The van der Waals surface area contributed by atoms with Crippen molar-refractivity contribution in [2.45, 2.75) is 25.4 Å². The molecule has 0 aromatic heterocycles. The Morgan fingerprint density at radius 3 is 2.65 bits per heavy atom. The first-order valence-electron chi connectivity index (χ1n) is 6.69. The van der Waals surface area contributed by atoms with Crippen LogP contribution in [0.4, 0.5) is 0 Å². The van der Waals surface area contributed by atoms with Crippen LogP contribution in [0, 0.1) is 0 Å². The Morgan fingerprint density at radius 1 is 1.40 bits per heavy atom. The highest BCUT2D eigenvalue weighted by molar-refractivity contribution is 7.91. The van der Waals surface area contributed by atoms with Gasteiger partial charge in [-0.05, 0) is 18.9 Å². The van der Waals surface area contributed by atoms with Gasteiger partial charge in [0.05, 0.1) is 17.5 Å². The molecule has 1 unspecified atom stereocenters. The molecule has 2 atom stereocenters. The Hall–Kier alpha value is -1.40. The first kappa shape index (κ1) is 15.0. The van der Waals surface area contributed by atoms with Gasteiger partial charge in [-0.2, -0.15) is 0 Å². The van der Waals surface area contributed by atoms with E-state index in [2.05, 4.69) is 0 Å². The van der Waals surface area contributed by atoms with E-state index >= 15 is 0 Å². The summed E-state index contributed by atoms with van der Waals surface area (Å²) in [7, 11) is -3.02.